The third-order valence-corrected chi connectivity index (χ3v) is 3.38. The second kappa shape index (κ2) is 9.92. The lowest BCUT2D eigenvalue weighted by Gasteiger charge is -2.07. The molecule has 1 heterocycles. The monoisotopic (exact) mass is 343 g/mol. The Morgan fingerprint density at radius 2 is 1.52 bits per heavy atom. The molecule has 0 bridgehead atoms. The van der Waals surface area contributed by atoms with Gasteiger partial charge in [-0.3, -0.25) is 14.4 Å². The van der Waals surface area contributed by atoms with E-state index >= 15 is 0 Å². The maximum absolute atomic E-state index is 11.8. The van der Waals surface area contributed by atoms with Crippen LogP contribution < -0.4 is 16.0 Å². The van der Waals surface area contributed by atoms with Gasteiger partial charge in [0.25, 0.3) is 11.8 Å². The first-order valence-electron chi connectivity index (χ1n) is 8.08. The topological polar surface area (TPSA) is 100 Å². The lowest BCUT2D eigenvalue weighted by molar-refractivity contribution is -0.121. The van der Waals surface area contributed by atoms with Gasteiger partial charge < -0.3 is 20.4 Å². The zero-order valence-corrected chi connectivity index (χ0v) is 13.8. The Morgan fingerprint density at radius 1 is 0.800 bits per heavy atom. The van der Waals surface area contributed by atoms with E-state index in [4.69, 9.17) is 4.42 Å². The number of benzene rings is 1. The maximum atomic E-state index is 11.8. The molecule has 0 aliphatic carbocycles. The van der Waals surface area contributed by atoms with Gasteiger partial charge in [0, 0.05) is 31.6 Å². The smallest absolute Gasteiger partial charge is 0.286 e. The minimum Gasteiger partial charge on any atom is -0.459 e. The molecule has 7 heteroatoms. The van der Waals surface area contributed by atoms with Crippen LogP contribution in [0.25, 0.3) is 0 Å². The highest BCUT2D eigenvalue weighted by Gasteiger charge is 2.08. The van der Waals surface area contributed by atoms with Crippen molar-refractivity contribution in [2.45, 2.75) is 12.8 Å². The Kier molecular flexibility index (Phi) is 7.24. The van der Waals surface area contributed by atoms with E-state index in [2.05, 4.69) is 16.0 Å². The van der Waals surface area contributed by atoms with Gasteiger partial charge in [0.05, 0.1) is 6.26 Å². The molecular formula is C18H21N3O4. The lowest BCUT2D eigenvalue weighted by Crippen LogP contribution is -2.35. The molecule has 0 saturated carbocycles. The van der Waals surface area contributed by atoms with Crippen molar-refractivity contribution < 1.29 is 18.8 Å². The van der Waals surface area contributed by atoms with Crippen molar-refractivity contribution in [2.24, 2.45) is 0 Å². The zero-order chi connectivity index (χ0) is 17.9. The van der Waals surface area contributed by atoms with Crippen molar-refractivity contribution in [2.75, 3.05) is 19.6 Å². The van der Waals surface area contributed by atoms with E-state index in [1.165, 1.54) is 6.26 Å². The van der Waals surface area contributed by atoms with E-state index in [0.717, 1.165) is 0 Å². The zero-order valence-electron chi connectivity index (χ0n) is 13.8. The van der Waals surface area contributed by atoms with Crippen molar-refractivity contribution in [1.82, 2.24) is 16.0 Å². The molecule has 7 nitrogen and oxygen atoms in total. The summed E-state index contributed by atoms with van der Waals surface area (Å²) in [6.45, 7) is 1.10. The highest BCUT2D eigenvalue weighted by molar-refractivity contribution is 5.94. The van der Waals surface area contributed by atoms with Gasteiger partial charge in [-0.15, -0.1) is 0 Å². The number of carbonyl (C=O) groups excluding carboxylic acids is 3. The Labute approximate surface area is 145 Å². The molecule has 3 N–H and O–H groups in total. The van der Waals surface area contributed by atoms with E-state index in [0.29, 0.717) is 38.0 Å². The van der Waals surface area contributed by atoms with Crippen LogP contribution in [-0.4, -0.2) is 37.4 Å². The third-order valence-electron chi connectivity index (χ3n) is 3.38. The minimum atomic E-state index is -0.297. The summed E-state index contributed by atoms with van der Waals surface area (Å²) in [7, 11) is 0. The lowest BCUT2D eigenvalue weighted by atomic mass is 10.2. The van der Waals surface area contributed by atoms with E-state index < -0.39 is 0 Å². The van der Waals surface area contributed by atoms with Crippen molar-refractivity contribution in [1.29, 1.82) is 0 Å². The summed E-state index contributed by atoms with van der Waals surface area (Å²) in [5.74, 6) is -0.343. The standard InChI is InChI=1S/C18H21N3O4/c22-16(9-4-10-20-18(24)15-8-5-13-25-15)19-11-12-21-17(23)14-6-2-1-3-7-14/h1-3,5-8,13H,4,9-12H2,(H,19,22)(H,20,24)(H,21,23). The molecule has 0 fully saturated rings. The molecule has 0 spiro atoms. The fourth-order valence-electron chi connectivity index (χ4n) is 2.10. The van der Waals surface area contributed by atoms with Gasteiger partial charge in [-0.1, -0.05) is 18.2 Å². The summed E-state index contributed by atoms with van der Waals surface area (Å²) < 4.78 is 4.96. The summed E-state index contributed by atoms with van der Waals surface area (Å²) in [6.07, 6.45) is 2.25. The maximum Gasteiger partial charge on any atom is 0.286 e. The van der Waals surface area contributed by atoms with Crippen molar-refractivity contribution in [3.05, 3.63) is 60.1 Å². The summed E-state index contributed by atoms with van der Waals surface area (Å²) >= 11 is 0. The Morgan fingerprint density at radius 3 is 2.24 bits per heavy atom. The first-order chi connectivity index (χ1) is 12.2. The van der Waals surface area contributed by atoms with Gasteiger partial charge in [-0.25, -0.2) is 0 Å². The van der Waals surface area contributed by atoms with Crippen LogP contribution in [0.1, 0.15) is 33.8 Å². The first kappa shape index (κ1) is 18.3. The first-order valence-corrected chi connectivity index (χ1v) is 8.08. The van der Waals surface area contributed by atoms with Crippen molar-refractivity contribution in [3.63, 3.8) is 0 Å². The highest BCUT2D eigenvalue weighted by Crippen LogP contribution is 1.99. The molecule has 2 rings (SSSR count). The van der Waals surface area contributed by atoms with E-state index in [9.17, 15) is 14.4 Å². The van der Waals surface area contributed by atoms with E-state index in [-0.39, 0.29) is 23.5 Å². The second-order valence-corrected chi connectivity index (χ2v) is 5.31. The van der Waals surface area contributed by atoms with Crippen LogP contribution in [0.2, 0.25) is 0 Å². The summed E-state index contributed by atoms with van der Waals surface area (Å²) in [6, 6.07) is 12.1. The molecule has 0 aliphatic rings. The molecule has 1 aromatic heterocycles. The second-order valence-electron chi connectivity index (χ2n) is 5.31. The molecule has 2 aromatic rings. The minimum absolute atomic E-state index is 0.124. The van der Waals surface area contributed by atoms with Crippen LogP contribution in [0.15, 0.2) is 53.1 Å². The number of rotatable bonds is 9. The van der Waals surface area contributed by atoms with Crippen molar-refractivity contribution >= 4 is 17.7 Å². The summed E-state index contributed by atoms with van der Waals surface area (Å²) in [5, 5.41) is 8.12. The molecule has 0 aliphatic heterocycles. The number of carbonyl (C=O) groups is 3. The molecule has 1 aromatic carbocycles. The van der Waals surface area contributed by atoms with E-state index in [1.807, 2.05) is 6.07 Å². The summed E-state index contributed by atoms with van der Waals surface area (Å²) in [5.41, 5.74) is 0.584. The SMILES string of the molecule is O=C(CCCNC(=O)c1ccco1)NCCNC(=O)c1ccccc1. The number of furan rings is 1. The summed E-state index contributed by atoms with van der Waals surface area (Å²) in [4.78, 5) is 35.1. The van der Waals surface area contributed by atoms with Crippen LogP contribution in [0.3, 0.4) is 0 Å². The third kappa shape index (κ3) is 6.50. The van der Waals surface area contributed by atoms with Gasteiger partial charge in [-0.05, 0) is 30.7 Å². The Balaban J connectivity index is 1.51. The number of hydrogen-bond acceptors (Lipinski definition) is 4. The van der Waals surface area contributed by atoms with Gasteiger partial charge in [-0.2, -0.15) is 0 Å². The Hall–Kier alpha value is -3.09. The molecular weight excluding hydrogens is 322 g/mol. The molecule has 132 valence electrons. The molecule has 0 atom stereocenters. The number of amides is 3. The van der Waals surface area contributed by atoms with Crippen LogP contribution in [0.5, 0.6) is 0 Å². The molecule has 25 heavy (non-hydrogen) atoms. The fraction of sp³-hybridized carbons (Fsp3) is 0.278. The largest absolute Gasteiger partial charge is 0.459 e. The quantitative estimate of drug-likeness (QED) is 0.598. The van der Waals surface area contributed by atoms with Crippen molar-refractivity contribution in [3.8, 4) is 0 Å². The molecule has 0 saturated heterocycles. The van der Waals surface area contributed by atoms with Crippen LogP contribution in [0.4, 0.5) is 0 Å². The number of nitrogens with one attached hydrogen (secondary N) is 3. The van der Waals surface area contributed by atoms with Gasteiger partial charge >= 0.3 is 0 Å². The van der Waals surface area contributed by atoms with Gasteiger partial charge in [0.1, 0.15) is 0 Å². The normalized spacial score (nSPS) is 10.1. The van der Waals surface area contributed by atoms with Gasteiger partial charge in [0.2, 0.25) is 5.91 Å². The average molecular weight is 343 g/mol. The predicted molar refractivity (Wildman–Crippen MR) is 92.1 cm³/mol. The van der Waals surface area contributed by atoms with Crippen LogP contribution >= 0.6 is 0 Å². The molecule has 3 amide bonds. The van der Waals surface area contributed by atoms with Crippen LogP contribution in [-0.2, 0) is 4.79 Å². The average Bonchev–Trinajstić information content (AvgIpc) is 3.17. The molecule has 0 unspecified atom stereocenters. The number of hydrogen-bond donors (Lipinski definition) is 3. The van der Waals surface area contributed by atoms with Gasteiger partial charge in [0.15, 0.2) is 5.76 Å². The highest BCUT2D eigenvalue weighted by atomic mass is 16.3. The fourth-order valence-corrected chi connectivity index (χ4v) is 2.10. The van der Waals surface area contributed by atoms with Crippen LogP contribution in [0, 0.1) is 0 Å². The van der Waals surface area contributed by atoms with E-state index in [1.54, 1.807) is 36.4 Å². The molecule has 0 radical (unpaired) electrons. The predicted octanol–water partition coefficient (Wildman–Crippen LogP) is 1.34. The Bertz CT molecular complexity index is 684.